The molecule has 0 aliphatic carbocycles. The van der Waals surface area contributed by atoms with Gasteiger partial charge in [-0.2, -0.15) is 0 Å². The normalized spacial score (nSPS) is 11.0. The van der Waals surface area contributed by atoms with Crippen LogP contribution in [-0.4, -0.2) is 49.8 Å². The van der Waals surface area contributed by atoms with Gasteiger partial charge < -0.3 is 23.9 Å². The van der Waals surface area contributed by atoms with Crippen molar-refractivity contribution in [3.8, 4) is 0 Å². The van der Waals surface area contributed by atoms with Crippen LogP contribution in [0.5, 0.6) is 0 Å². The summed E-state index contributed by atoms with van der Waals surface area (Å²) >= 11 is 0. The molecule has 24 heavy (non-hydrogen) atoms. The summed E-state index contributed by atoms with van der Waals surface area (Å²) in [4.78, 5) is 0. The Labute approximate surface area is 159 Å². The molecule has 2 N–H and O–H groups in total. The summed E-state index contributed by atoms with van der Waals surface area (Å²) in [6, 6.07) is 11.1. The van der Waals surface area contributed by atoms with E-state index >= 15 is 0 Å². The van der Waals surface area contributed by atoms with Gasteiger partial charge in [0.2, 0.25) is 0 Å². The van der Waals surface area contributed by atoms with Gasteiger partial charge in [0.15, 0.2) is 0 Å². The zero-order chi connectivity index (χ0) is 16.1. The van der Waals surface area contributed by atoms with Gasteiger partial charge in [-0.1, -0.05) is 30.3 Å². The van der Waals surface area contributed by atoms with Crippen molar-refractivity contribution in [3.05, 3.63) is 42.1 Å². The fraction of sp³-hybridized carbons (Fsp3) is 0.500. The van der Waals surface area contributed by atoms with E-state index in [1.807, 2.05) is 24.4 Å². The number of nitrogens with one attached hydrogen (secondary N) is 2. The van der Waals surface area contributed by atoms with Gasteiger partial charge >= 0.3 is 8.80 Å². The lowest BCUT2D eigenvalue weighted by molar-refractivity contribution is 0.123. The van der Waals surface area contributed by atoms with Gasteiger partial charge in [-0.3, -0.25) is 0 Å². The van der Waals surface area contributed by atoms with Crippen molar-refractivity contribution in [3.63, 3.8) is 0 Å². The van der Waals surface area contributed by atoms with Gasteiger partial charge in [-0.25, -0.2) is 0 Å². The minimum atomic E-state index is -2.40. The number of benzene rings is 1. The maximum absolute atomic E-state index is 5.38. The second-order valence-electron chi connectivity index (χ2n) is 4.85. The molecule has 0 aliphatic heterocycles. The average Bonchev–Trinajstić information content (AvgIpc) is 2.58. The molecule has 0 aliphatic rings. The molecule has 0 unspecified atom stereocenters. The summed E-state index contributed by atoms with van der Waals surface area (Å²) in [5, 5.41) is 6.65. The molecule has 5 nitrogen and oxygen atoms in total. The van der Waals surface area contributed by atoms with Crippen molar-refractivity contribution in [1.29, 1.82) is 0 Å². The first kappa shape index (κ1) is 25.6. The SMILES string of the molecule is CO[Si](CCCNCCNC=Cc1ccccc1)(OC)OC.Cl.Cl. The van der Waals surface area contributed by atoms with Crippen molar-refractivity contribution < 1.29 is 13.3 Å². The molecule has 0 atom stereocenters. The zero-order valence-corrected chi connectivity index (χ0v) is 17.3. The Hall–Kier alpha value is -0.603. The van der Waals surface area contributed by atoms with Crippen LogP contribution < -0.4 is 10.6 Å². The largest absolute Gasteiger partial charge is 0.500 e. The highest BCUT2D eigenvalue weighted by Gasteiger charge is 2.36. The number of hydrogen-bond donors (Lipinski definition) is 2. The summed E-state index contributed by atoms with van der Waals surface area (Å²) in [5.41, 5.74) is 1.20. The van der Waals surface area contributed by atoms with Crippen molar-refractivity contribution in [1.82, 2.24) is 10.6 Å². The first-order chi connectivity index (χ1) is 10.8. The van der Waals surface area contributed by atoms with Crippen LogP contribution in [0.2, 0.25) is 6.04 Å². The van der Waals surface area contributed by atoms with E-state index < -0.39 is 8.80 Å². The molecule has 8 heteroatoms. The van der Waals surface area contributed by atoms with Crippen molar-refractivity contribution in [2.45, 2.75) is 12.5 Å². The molecule has 0 spiro atoms. The third kappa shape index (κ3) is 10.3. The van der Waals surface area contributed by atoms with Crippen LogP contribution in [0.25, 0.3) is 6.08 Å². The summed E-state index contributed by atoms with van der Waals surface area (Å²) in [6.45, 7) is 2.74. The molecule has 0 aromatic heterocycles. The van der Waals surface area contributed by atoms with Crippen LogP contribution in [0.3, 0.4) is 0 Å². The fourth-order valence-electron chi connectivity index (χ4n) is 2.07. The quantitative estimate of drug-likeness (QED) is 0.420. The molecule has 140 valence electrons. The highest BCUT2D eigenvalue weighted by molar-refractivity contribution is 6.60. The van der Waals surface area contributed by atoms with Gasteiger partial charge in [0.05, 0.1) is 0 Å². The molecule has 0 bridgehead atoms. The molecule has 1 rings (SSSR count). The van der Waals surface area contributed by atoms with Gasteiger partial charge in [0, 0.05) is 40.5 Å². The lowest BCUT2D eigenvalue weighted by Gasteiger charge is -2.24. The minimum absolute atomic E-state index is 0. The van der Waals surface area contributed by atoms with Crippen molar-refractivity contribution >= 4 is 39.7 Å². The van der Waals surface area contributed by atoms with Crippen LogP contribution in [0, 0.1) is 0 Å². The molecule has 0 fully saturated rings. The second kappa shape index (κ2) is 15.9. The highest BCUT2D eigenvalue weighted by atomic mass is 35.5. The number of rotatable bonds is 12. The summed E-state index contributed by atoms with van der Waals surface area (Å²) in [6.07, 6.45) is 5.02. The van der Waals surface area contributed by atoms with Gasteiger partial charge in [0.25, 0.3) is 0 Å². The fourth-order valence-corrected chi connectivity index (χ4v) is 3.80. The number of halogens is 2. The Morgan fingerprint density at radius 3 is 2.12 bits per heavy atom. The van der Waals surface area contributed by atoms with Crippen LogP contribution in [-0.2, 0) is 13.3 Å². The van der Waals surface area contributed by atoms with Crippen molar-refractivity contribution in [2.24, 2.45) is 0 Å². The van der Waals surface area contributed by atoms with E-state index in [4.69, 9.17) is 13.3 Å². The predicted molar refractivity (Wildman–Crippen MR) is 107 cm³/mol. The smallest absolute Gasteiger partial charge is 0.390 e. The van der Waals surface area contributed by atoms with Crippen LogP contribution >= 0.6 is 24.8 Å². The monoisotopic (exact) mass is 396 g/mol. The third-order valence-corrected chi connectivity index (χ3v) is 6.24. The van der Waals surface area contributed by atoms with Gasteiger partial charge in [-0.05, 0) is 30.8 Å². The minimum Gasteiger partial charge on any atom is -0.390 e. The Kier molecular flexibility index (Phi) is 17.0. The van der Waals surface area contributed by atoms with Crippen LogP contribution in [0.15, 0.2) is 36.5 Å². The van der Waals surface area contributed by atoms with E-state index in [1.165, 1.54) is 5.56 Å². The third-order valence-electron chi connectivity index (χ3n) is 3.41. The molecule has 0 radical (unpaired) electrons. The Bertz CT molecular complexity index is 413. The first-order valence-electron chi connectivity index (χ1n) is 7.57. The number of hydrogen-bond acceptors (Lipinski definition) is 5. The molecule has 0 saturated carbocycles. The van der Waals surface area contributed by atoms with Crippen LogP contribution in [0.4, 0.5) is 0 Å². The predicted octanol–water partition coefficient (Wildman–Crippen LogP) is 2.95. The molecular weight excluding hydrogens is 367 g/mol. The topological polar surface area (TPSA) is 51.8 Å². The standard InChI is InChI=1S/C16H28N2O3Si.2ClH/c1-19-22(20-2,21-3)15-7-11-17-13-14-18-12-10-16-8-5-4-6-9-16;;/h4-6,8-10,12,17-18H,7,11,13-15H2,1-3H3;2*1H. The van der Waals surface area contributed by atoms with E-state index in [0.717, 1.165) is 32.1 Å². The maximum atomic E-state index is 5.38. The van der Waals surface area contributed by atoms with E-state index in [-0.39, 0.29) is 24.8 Å². The zero-order valence-electron chi connectivity index (χ0n) is 14.6. The van der Waals surface area contributed by atoms with Gasteiger partial charge in [0.1, 0.15) is 0 Å². The Balaban J connectivity index is 0. The van der Waals surface area contributed by atoms with E-state index in [2.05, 4.69) is 28.8 Å². The summed E-state index contributed by atoms with van der Waals surface area (Å²) in [7, 11) is 2.54. The van der Waals surface area contributed by atoms with E-state index in [1.54, 1.807) is 21.3 Å². The second-order valence-corrected chi connectivity index (χ2v) is 7.94. The molecule has 0 heterocycles. The Morgan fingerprint density at radius 2 is 1.54 bits per heavy atom. The molecular formula is C16H30Cl2N2O3Si. The lowest BCUT2D eigenvalue weighted by atomic mass is 10.2. The van der Waals surface area contributed by atoms with Crippen LogP contribution in [0.1, 0.15) is 12.0 Å². The molecule has 1 aromatic rings. The van der Waals surface area contributed by atoms with Gasteiger partial charge in [-0.15, -0.1) is 24.8 Å². The van der Waals surface area contributed by atoms with E-state index in [9.17, 15) is 0 Å². The molecule has 0 saturated heterocycles. The Morgan fingerprint density at radius 1 is 0.917 bits per heavy atom. The summed E-state index contributed by atoms with van der Waals surface area (Å²) < 4.78 is 16.1. The molecule has 0 amide bonds. The van der Waals surface area contributed by atoms with E-state index in [0.29, 0.717) is 0 Å². The molecule has 1 aromatic carbocycles. The maximum Gasteiger partial charge on any atom is 0.500 e. The lowest BCUT2D eigenvalue weighted by Crippen LogP contribution is -2.43. The van der Waals surface area contributed by atoms with Crippen molar-refractivity contribution in [2.75, 3.05) is 41.0 Å². The summed E-state index contributed by atoms with van der Waals surface area (Å²) in [5.74, 6) is 0. The first-order valence-corrected chi connectivity index (χ1v) is 9.50. The highest BCUT2D eigenvalue weighted by Crippen LogP contribution is 2.14. The average molecular weight is 397 g/mol.